The number of piperidine rings is 3. The minimum Gasteiger partial charge on any atom is -0.425 e. The molecule has 138 valence electrons. The summed E-state index contributed by atoms with van der Waals surface area (Å²) in [5.41, 5.74) is 0. The van der Waals surface area contributed by atoms with Crippen molar-refractivity contribution >= 4 is 40.9 Å². The van der Waals surface area contributed by atoms with Crippen molar-refractivity contribution in [3.05, 3.63) is 40.3 Å². The first kappa shape index (κ1) is 18.2. The van der Waals surface area contributed by atoms with Crippen LogP contribution in [0.1, 0.15) is 30.5 Å². The lowest BCUT2D eigenvalue weighted by atomic mass is 9.79. The molecule has 2 atom stereocenters. The third-order valence-corrected chi connectivity index (χ3v) is 6.51. The maximum atomic E-state index is 12.6. The molecule has 0 spiro atoms. The molecule has 3 fully saturated rings. The summed E-state index contributed by atoms with van der Waals surface area (Å²) in [6.07, 6.45) is 3.82. The average Bonchev–Trinajstić information content (AvgIpc) is 3.06. The predicted molar refractivity (Wildman–Crippen MR) is 102 cm³/mol. The van der Waals surface area contributed by atoms with E-state index in [9.17, 15) is 4.79 Å². The highest BCUT2D eigenvalue weighted by Crippen LogP contribution is 2.34. The molecule has 3 aliphatic heterocycles. The molecule has 1 aromatic heterocycles. The monoisotopic (exact) mass is 411 g/mol. The molecule has 2 aromatic rings. The lowest BCUT2D eigenvalue weighted by Gasteiger charge is -2.49. The zero-order chi connectivity index (χ0) is 18.3. The molecule has 26 heavy (non-hydrogen) atoms. The third kappa shape index (κ3) is 3.74. The zero-order valence-electron chi connectivity index (χ0n) is 14.2. The first-order valence-electron chi connectivity index (χ1n) is 8.64. The van der Waals surface area contributed by atoms with E-state index in [1.807, 2.05) is 0 Å². The highest BCUT2D eigenvalue weighted by atomic mass is 35.5. The molecule has 1 aromatic carbocycles. The summed E-state index contributed by atoms with van der Waals surface area (Å²) in [4.78, 5) is 20.0. The minimum atomic E-state index is -0.258. The van der Waals surface area contributed by atoms with Gasteiger partial charge < -0.3 is 9.73 Å². The number of benzene rings is 1. The molecule has 0 radical (unpaired) electrons. The molecule has 0 unspecified atom stereocenters. The Morgan fingerprint density at radius 3 is 2.62 bits per heavy atom. The van der Waals surface area contributed by atoms with E-state index >= 15 is 0 Å². The molecule has 0 aliphatic carbocycles. The van der Waals surface area contributed by atoms with Gasteiger partial charge >= 0.3 is 5.91 Å². The van der Waals surface area contributed by atoms with Gasteiger partial charge in [-0.15, -0.1) is 0 Å². The largest absolute Gasteiger partial charge is 0.425 e. The van der Waals surface area contributed by atoms with Gasteiger partial charge in [-0.1, -0.05) is 35.0 Å². The van der Waals surface area contributed by atoms with Crippen molar-refractivity contribution in [1.82, 2.24) is 15.2 Å². The number of fused-ring (bicyclic) bond motifs is 3. The van der Waals surface area contributed by atoms with Crippen LogP contribution in [-0.4, -0.2) is 41.0 Å². The molecule has 3 aliphatic rings. The Bertz CT molecular complexity index is 798. The fraction of sp³-hybridized carbons (Fsp3) is 0.444. The average molecular weight is 412 g/mol. The molecule has 8 heteroatoms. The second-order valence-corrected chi connectivity index (χ2v) is 8.76. The van der Waals surface area contributed by atoms with Crippen LogP contribution in [0.4, 0.5) is 0 Å². The maximum absolute atomic E-state index is 12.6. The molecule has 0 saturated carbocycles. The Morgan fingerprint density at radius 1 is 1.27 bits per heavy atom. The Kier molecular flexibility index (Phi) is 5.19. The molecule has 5 nitrogen and oxygen atoms in total. The lowest BCUT2D eigenvalue weighted by Crippen LogP contribution is -2.62. The number of amides is 1. The van der Waals surface area contributed by atoms with Gasteiger partial charge in [-0.25, -0.2) is 4.98 Å². The highest BCUT2D eigenvalue weighted by Gasteiger charge is 2.40. The van der Waals surface area contributed by atoms with Crippen molar-refractivity contribution in [1.29, 1.82) is 0 Å². The number of hydrogen-bond acceptors (Lipinski definition) is 5. The Hall–Kier alpha value is -1.21. The highest BCUT2D eigenvalue weighted by molar-refractivity contribution is 7.99. The second-order valence-electron chi connectivity index (χ2n) is 6.80. The van der Waals surface area contributed by atoms with Gasteiger partial charge in [0.1, 0.15) is 0 Å². The summed E-state index contributed by atoms with van der Waals surface area (Å²) in [7, 11) is 0. The molecule has 1 N–H and O–H groups in total. The van der Waals surface area contributed by atoms with Gasteiger partial charge in [0, 0.05) is 27.0 Å². The van der Waals surface area contributed by atoms with Crippen LogP contribution in [0.15, 0.2) is 38.8 Å². The smallest absolute Gasteiger partial charge is 0.307 e. The molecule has 4 heterocycles. The summed E-state index contributed by atoms with van der Waals surface area (Å²) in [5, 5.41) is 4.75. The molecule has 1 amide bonds. The number of carbonyl (C=O) groups excluding carboxylic acids is 1. The number of halogens is 2. The van der Waals surface area contributed by atoms with Crippen molar-refractivity contribution in [3.63, 3.8) is 0 Å². The van der Waals surface area contributed by atoms with Crippen LogP contribution in [0.2, 0.25) is 10.0 Å². The Morgan fingerprint density at radius 2 is 1.96 bits per heavy atom. The molecular formula is C18H19Cl2N3O2S. The first-order chi connectivity index (χ1) is 12.5. The summed E-state index contributed by atoms with van der Waals surface area (Å²) in [6.45, 7) is 4.43. The van der Waals surface area contributed by atoms with Gasteiger partial charge in [-0.05, 0) is 57.0 Å². The van der Waals surface area contributed by atoms with E-state index < -0.39 is 0 Å². The van der Waals surface area contributed by atoms with Crippen molar-refractivity contribution < 1.29 is 9.21 Å². The van der Waals surface area contributed by atoms with Gasteiger partial charge in [0.15, 0.2) is 5.09 Å². The SMILES string of the molecule is C[C@H]1[C@H](NC(=O)c2ncc(Sc3cc(Cl)cc(Cl)c3)o2)C2CCN1CC2. The standard InChI is InChI=1S/C18H19Cl2N3O2S/c1-10-16(11-2-4-23(10)5-3-11)22-17(24)18-21-9-15(25-18)26-14-7-12(19)6-13(20)8-14/h6-11,16H,2-5H2,1H3,(H,22,24)/t10-,16-/m0/s1. The zero-order valence-corrected chi connectivity index (χ0v) is 16.6. The summed E-state index contributed by atoms with van der Waals surface area (Å²) in [6, 6.07) is 5.75. The fourth-order valence-electron chi connectivity index (χ4n) is 3.87. The van der Waals surface area contributed by atoms with Gasteiger partial charge in [0.25, 0.3) is 5.89 Å². The van der Waals surface area contributed by atoms with Gasteiger partial charge in [0.2, 0.25) is 0 Å². The normalized spacial score (nSPS) is 27.5. The van der Waals surface area contributed by atoms with E-state index in [0.717, 1.165) is 30.8 Å². The number of oxazole rings is 1. The molecule has 3 saturated heterocycles. The first-order valence-corrected chi connectivity index (χ1v) is 10.2. The number of nitrogens with one attached hydrogen (secondary N) is 1. The number of hydrogen-bond donors (Lipinski definition) is 1. The Labute approximate surface area is 166 Å². The van der Waals surface area contributed by atoms with Crippen LogP contribution in [0, 0.1) is 5.92 Å². The second kappa shape index (κ2) is 7.43. The van der Waals surface area contributed by atoms with Gasteiger partial charge in [0.05, 0.1) is 6.20 Å². The summed E-state index contributed by atoms with van der Waals surface area (Å²) < 4.78 is 5.63. The van der Waals surface area contributed by atoms with Gasteiger partial charge in [-0.2, -0.15) is 0 Å². The van der Waals surface area contributed by atoms with E-state index in [2.05, 4.69) is 22.1 Å². The fourth-order valence-corrected chi connectivity index (χ4v) is 5.36. The molecule has 5 rings (SSSR count). The van der Waals surface area contributed by atoms with E-state index in [-0.39, 0.29) is 17.8 Å². The van der Waals surface area contributed by atoms with Crippen molar-refractivity contribution in [2.45, 2.75) is 41.8 Å². The maximum Gasteiger partial charge on any atom is 0.307 e. The van der Waals surface area contributed by atoms with Crippen LogP contribution in [0.3, 0.4) is 0 Å². The van der Waals surface area contributed by atoms with Crippen molar-refractivity contribution in [2.24, 2.45) is 5.92 Å². The third-order valence-electron chi connectivity index (χ3n) is 5.21. The van der Waals surface area contributed by atoms with E-state index in [4.69, 9.17) is 27.6 Å². The van der Waals surface area contributed by atoms with Crippen LogP contribution in [-0.2, 0) is 0 Å². The van der Waals surface area contributed by atoms with E-state index in [1.54, 1.807) is 24.4 Å². The van der Waals surface area contributed by atoms with Crippen LogP contribution < -0.4 is 5.32 Å². The summed E-state index contributed by atoms with van der Waals surface area (Å²) >= 11 is 13.4. The summed E-state index contributed by atoms with van der Waals surface area (Å²) in [5.74, 6) is 0.368. The molecular weight excluding hydrogens is 393 g/mol. The van der Waals surface area contributed by atoms with E-state index in [0.29, 0.717) is 27.1 Å². The predicted octanol–water partition coefficient (Wildman–Crippen LogP) is 4.35. The van der Waals surface area contributed by atoms with Crippen molar-refractivity contribution in [2.75, 3.05) is 13.1 Å². The van der Waals surface area contributed by atoms with Crippen LogP contribution in [0.5, 0.6) is 0 Å². The Balaban J connectivity index is 1.43. The van der Waals surface area contributed by atoms with E-state index in [1.165, 1.54) is 11.8 Å². The van der Waals surface area contributed by atoms with Gasteiger partial charge in [-0.3, -0.25) is 9.69 Å². The van der Waals surface area contributed by atoms with Crippen LogP contribution >= 0.6 is 35.0 Å². The quantitative estimate of drug-likeness (QED) is 0.810. The van der Waals surface area contributed by atoms with Crippen molar-refractivity contribution in [3.8, 4) is 0 Å². The number of rotatable bonds is 4. The number of nitrogens with zero attached hydrogens (tertiary/aromatic N) is 2. The molecule has 2 bridgehead atoms. The topological polar surface area (TPSA) is 58.4 Å². The van der Waals surface area contributed by atoms with Crippen LogP contribution in [0.25, 0.3) is 0 Å². The number of aromatic nitrogens is 1. The number of carbonyl (C=O) groups is 1. The minimum absolute atomic E-state index is 0.0873. The lowest BCUT2D eigenvalue weighted by molar-refractivity contribution is 0.0209.